The lowest BCUT2D eigenvalue weighted by atomic mass is 10.1. The Hall–Kier alpha value is -2.36. The van der Waals surface area contributed by atoms with Gasteiger partial charge in [0.25, 0.3) is 5.91 Å². The lowest BCUT2D eigenvalue weighted by Gasteiger charge is -2.18. The largest absolute Gasteiger partial charge is 0.486 e. The molecule has 0 aromatic heterocycles. The lowest BCUT2D eigenvalue weighted by molar-refractivity contribution is 0.0954. The van der Waals surface area contributed by atoms with Gasteiger partial charge in [0.1, 0.15) is 6.10 Å². The number of para-hydroxylation sites is 1. The highest BCUT2D eigenvalue weighted by Crippen LogP contribution is 2.16. The van der Waals surface area contributed by atoms with Crippen molar-refractivity contribution in [3.05, 3.63) is 65.5 Å². The average molecular weight is 514 g/mol. The Morgan fingerprint density at radius 2 is 1.83 bits per heavy atom. The van der Waals surface area contributed by atoms with Crippen LogP contribution in [0.15, 0.2) is 53.5 Å². The van der Waals surface area contributed by atoms with E-state index in [1.807, 2.05) is 32.0 Å². The van der Waals surface area contributed by atoms with Gasteiger partial charge in [-0.05, 0) is 38.1 Å². The van der Waals surface area contributed by atoms with Gasteiger partial charge in [-0.15, -0.1) is 24.0 Å². The normalized spacial score (nSPS) is 11.8. The number of hydrogen-bond acceptors (Lipinski definition) is 3. The molecule has 3 N–H and O–H groups in total. The Bertz CT molecular complexity index is 817. The first-order chi connectivity index (χ1) is 13.5. The van der Waals surface area contributed by atoms with E-state index in [9.17, 15) is 9.18 Å². The van der Waals surface area contributed by atoms with Crippen LogP contribution < -0.4 is 20.7 Å². The smallest absolute Gasteiger partial charge is 0.251 e. The van der Waals surface area contributed by atoms with E-state index in [1.165, 1.54) is 6.07 Å². The zero-order valence-corrected chi connectivity index (χ0v) is 19.2. The summed E-state index contributed by atoms with van der Waals surface area (Å²) in [6, 6.07) is 13.7. The van der Waals surface area contributed by atoms with E-state index in [0.717, 1.165) is 5.56 Å². The number of nitrogens with one attached hydrogen (secondary N) is 3. The van der Waals surface area contributed by atoms with E-state index in [4.69, 9.17) is 4.74 Å². The Morgan fingerprint density at radius 1 is 1.10 bits per heavy atom. The number of halogens is 2. The van der Waals surface area contributed by atoms with E-state index in [2.05, 4.69) is 20.9 Å². The van der Waals surface area contributed by atoms with Crippen molar-refractivity contribution < 1.29 is 13.9 Å². The molecule has 2 rings (SSSR count). The first-order valence-electron chi connectivity index (χ1n) is 9.20. The molecule has 2 aromatic carbocycles. The number of rotatable bonds is 8. The molecule has 0 aliphatic heterocycles. The zero-order chi connectivity index (χ0) is 20.4. The van der Waals surface area contributed by atoms with Crippen molar-refractivity contribution in [1.82, 2.24) is 16.0 Å². The quantitative estimate of drug-likeness (QED) is 0.219. The van der Waals surface area contributed by atoms with Crippen LogP contribution in [0.1, 0.15) is 22.8 Å². The number of nitrogens with zero attached hydrogens (tertiary/aromatic N) is 1. The lowest BCUT2D eigenvalue weighted by Crippen LogP contribution is -2.44. The van der Waals surface area contributed by atoms with Crippen LogP contribution in [0.25, 0.3) is 0 Å². The molecule has 0 spiro atoms. The maximum Gasteiger partial charge on any atom is 0.251 e. The van der Waals surface area contributed by atoms with E-state index >= 15 is 0 Å². The molecule has 8 heteroatoms. The number of aryl methyl sites for hydroxylation is 1. The molecular weight excluding hydrogens is 486 g/mol. The summed E-state index contributed by atoms with van der Waals surface area (Å²) < 4.78 is 19.2. The van der Waals surface area contributed by atoms with Crippen LogP contribution in [0.4, 0.5) is 4.39 Å². The number of ether oxygens (including phenoxy) is 1. The molecule has 1 unspecified atom stereocenters. The van der Waals surface area contributed by atoms with Crippen molar-refractivity contribution in [3.8, 4) is 5.75 Å². The topological polar surface area (TPSA) is 74.8 Å². The molecule has 1 atom stereocenters. The maximum atomic E-state index is 13.6. The Balaban J connectivity index is 0.00000420. The summed E-state index contributed by atoms with van der Waals surface area (Å²) in [5, 5.41) is 9.09. The fraction of sp³-hybridized carbons (Fsp3) is 0.333. The summed E-state index contributed by atoms with van der Waals surface area (Å²) in [6.07, 6.45) is -0.253. The van der Waals surface area contributed by atoms with E-state index in [0.29, 0.717) is 31.2 Å². The molecule has 0 aliphatic carbocycles. The van der Waals surface area contributed by atoms with E-state index in [-0.39, 0.29) is 47.6 Å². The first-order valence-corrected chi connectivity index (χ1v) is 9.20. The van der Waals surface area contributed by atoms with Crippen LogP contribution in [-0.4, -0.2) is 44.7 Å². The van der Waals surface area contributed by atoms with Crippen LogP contribution in [0.5, 0.6) is 5.75 Å². The van der Waals surface area contributed by atoms with Gasteiger partial charge in [-0.2, -0.15) is 0 Å². The Labute approximate surface area is 188 Å². The SMILES string of the molecule is CN=C(NCCNC(=O)c1cccc(C)c1)NCC(C)Oc1ccccc1F.I. The minimum absolute atomic E-state index is 0. The maximum absolute atomic E-state index is 13.6. The van der Waals surface area contributed by atoms with Crippen LogP contribution in [0.2, 0.25) is 0 Å². The monoisotopic (exact) mass is 514 g/mol. The van der Waals surface area contributed by atoms with Gasteiger partial charge in [0.2, 0.25) is 0 Å². The third kappa shape index (κ3) is 8.68. The molecule has 0 saturated heterocycles. The fourth-order valence-corrected chi connectivity index (χ4v) is 2.51. The van der Waals surface area contributed by atoms with Gasteiger partial charge in [-0.1, -0.05) is 29.8 Å². The zero-order valence-electron chi connectivity index (χ0n) is 16.9. The molecule has 0 aliphatic rings. The number of guanidine groups is 1. The molecule has 29 heavy (non-hydrogen) atoms. The van der Waals surface area contributed by atoms with Crippen LogP contribution >= 0.6 is 24.0 Å². The number of carbonyl (C=O) groups is 1. The molecule has 0 saturated carbocycles. The minimum atomic E-state index is -0.388. The summed E-state index contributed by atoms with van der Waals surface area (Å²) in [6.45, 7) is 5.21. The fourth-order valence-electron chi connectivity index (χ4n) is 2.51. The van der Waals surface area contributed by atoms with Gasteiger partial charge in [0, 0.05) is 25.7 Å². The summed E-state index contributed by atoms with van der Waals surface area (Å²) in [4.78, 5) is 16.2. The van der Waals surface area contributed by atoms with Crippen molar-refractivity contribution in [2.24, 2.45) is 4.99 Å². The molecule has 0 fully saturated rings. The van der Waals surface area contributed by atoms with Gasteiger partial charge < -0.3 is 20.7 Å². The number of benzene rings is 2. The third-order valence-electron chi connectivity index (χ3n) is 3.93. The molecule has 0 bridgehead atoms. The van der Waals surface area contributed by atoms with Gasteiger partial charge in [0.05, 0.1) is 6.54 Å². The third-order valence-corrected chi connectivity index (χ3v) is 3.93. The summed E-state index contributed by atoms with van der Waals surface area (Å²) in [7, 11) is 1.66. The average Bonchev–Trinajstić information content (AvgIpc) is 2.69. The first kappa shape index (κ1) is 24.7. The summed E-state index contributed by atoms with van der Waals surface area (Å²) in [5.41, 5.74) is 1.68. The standard InChI is InChI=1S/C21H27FN4O2.HI/c1-15-7-6-8-17(13-15)20(27)24-11-12-25-21(23-3)26-14-16(2)28-19-10-5-4-9-18(19)22;/h4-10,13,16H,11-12,14H2,1-3H3,(H,24,27)(H2,23,25,26);1H. The minimum Gasteiger partial charge on any atom is -0.486 e. The van der Waals surface area contributed by atoms with Crippen LogP contribution in [0, 0.1) is 12.7 Å². The second-order valence-corrected chi connectivity index (χ2v) is 6.36. The number of amides is 1. The second-order valence-electron chi connectivity index (χ2n) is 6.36. The molecule has 0 heterocycles. The van der Waals surface area contributed by atoms with Crippen molar-refractivity contribution in [2.75, 3.05) is 26.7 Å². The van der Waals surface area contributed by atoms with Gasteiger partial charge in [0.15, 0.2) is 17.5 Å². The van der Waals surface area contributed by atoms with Crippen molar-refractivity contribution in [2.45, 2.75) is 20.0 Å². The molecular formula is C21H28FIN4O2. The van der Waals surface area contributed by atoms with Crippen molar-refractivity contribution in [3.63, 3.8) is 0 Å². The molecule has 0 radical (unpaired) electrons. The second kappa shape index (κ2) is 13.0. The van der Waals surface area contributed by atoms with Gasteiger partial charge in [-0.3, -0.25) is 9.79 Å². The van der Waals surface area contributed by atoms with Gasteiger partial charge in [-0.25, -0.2) is 4.39 Å². The number of hydrogen-bond donors (Lipinski definition) is 3. The number of aliphatic imine (C=N–C) groups is 1. The van der Waals surface area contributed by atoms with Crippen molar-refractivity contribution in [1.29, 1.82) is 0 Å². The highest BCUT2D eigenvalue weighted by molar-refractivity contribution is 14.0. The summed E-state index contributed by atoms with van der Waals surface area (Å²) in [5.74, 6) is 0.300. The molecule has 2 aromatic rings. The number of carbonyl (C=O) groups excluding carboxylic acids is 1. The van der Waals surface area contributed by atoms with Crippen LogP contribution in [-0.2, 0) is 0 Å². The summed E-state index contributed by atoms with van der Waals surface area (Å²) >= 11 is 0. The highest BCUT2D eigenvalue weighted by atomic mass is 127. The Kier molecular flexibility index (Phi) is 11.0. The molecule has 6 nitrogen and oxygen atoms in total. The van der Waals surface area contributed by atoms with Gasteiger partial charge >= 0.3 is 0 Å². The molecule has 1 amide bonds. The van der Waals surface area contributed by atoms with E-state index in [1.54, 1.807) is 31.3 Å². The van der Waals surface area contributed by atoms with E-state index < -0.39 is 0 Å². The highest BCUT2D eigenvalue weighted by Gasteiger charge is 2.09. The Morgan fingerprint density at radius 3 is 2.52 bits per heavy atom. The predicted octanol–water partition coefficient (Wildman–Crippen LogP) is 3.11. The van der Waals surface area contributed by atoms with Crippen LogP contribution in [0.3, 0.4) is 0 Å². The van der Waals surface area contributed by atoms with Crippen molar-refractivity contribution >= 4 is 35.8 Å². The molecule has 158 valence electrons. The predicted molar refractivity (Wildman–Crippen MR) is 125 cm³/mol.